The molecule has 0 aromatic rings. The summed E-state index contributed by atoms with van der Waals surface area (Å²) in [6.45, 7) is 4.43. The highest BCUT2D eigenvalue weighted by molar-refractivity contribution is 4.99. The number of likely N-dealkylation sites (N-methyl/N-ethyl adjacent to an activating group) is 2. The summed E-state index contributed by atoms with van der Waals surface area (Å²) in [6, 6.07) is 0.705. The molecular formula is C17H35N3. The van der Waals surface area contributed by atoms with Gasteiger partial charge in [-0.25, -0.2) is 0 Å². The largest absolute Gasteiger partial charge is 0.330 e. The molecule has 0 saturated heterocycles. The minimum Gasteiger partial charge on any atom is -0.330 e. The van der Waals surface area contributed by atoms with Crippen molar-refractivity contribution in [3.8, 4) is 0 Å². The number of nitrogens with two attached hydrogens (primary N) is 1. The molecule has 2 saturated carbocycles. The van der Waals surface area contributed by atoms with E-state index in [1.165, 1.54) is 51.5 Å². The zero-order chi connectivity index (χ0) is 14.8. The summed E-state index contributed by atoms with van der Waals surface area (Å²) >= 11 is 0. The smallest absolute Gasteiger partial charge is 0.0330 e. The lowest BCUT2D eigenvalue weighted by Gasteiger charge is -2.52. The normalized spacial score (nSPS) is 33.5. The van der Waals surface area contributed by atoms with Crippen LogP contribution in [0, 0.1) is 11.8 Å². The topological polar surface area (TPSA) is 32.5 Å². The highest BCUT2D eigenvalue weighted by atomic mass is 15.2. The summed E-state index contributed by atoms with van der Waals surface area (Å²) in [4.78, 5) is 5.11. The molecule has 0 spiro atoms. The van der Waals surface area contributed by atoms with E-state index in [2.05, 4.69) is 37.9 Å². The van der Waals surface area contributed by atoms with Gasteiger partial charge < -0.3 is 15.5 Å². The van der Waals surface area contributed by atoms with Crippen LogP contribution < -0.4 is 5.73 Å². The van der Waals surface area contributed by atoms with Gasteiger partial charge in [-0.15, -0.1) is 0 Å². The fraction of sp³-hybridized carbons (Fsp3) is 1.00. The third kappa shape index (κ3) is 3.20. The molecule has 3 heteroatoms. The van der Waals surface area contributed by atoms with Crippen molar-refractivity contribution in [1.82, 2.24) is 9.80 Å². The Morgan fingerprint density at radius 1 is 1.15 bits per heavy atom. The Hall–Kier alpha value is -0.120. The number of hydrogen-bond acceptors (Lipinski definition) is 3. The van der Waals surface area contributed by atoms with Gasteiger partial charge in [0, 0.05) is 18.1 Å². The minimum atomic E-state index is 0.438. The van der Waals surface area contributed by atoms with E-state index < -0.39 is 0 Å². The van der Waals surface area contributed by atoms with Gasteiger partial charge in [0.15, 0.2) is 0 Å². The lowest BCUT2D eigenvalue weighted by molar-refractivity contribution is -0.00420. The average molecular weight is 281 g/mol. The Balaban J connectivity index is 1.99. The van der Waals surface area contributed by atoms with Crippen LogP contribution in [0.4, 0.5) is 0 Å². The van der Waals surface area contributed by atoms with Crippen LogP contribution >= 0.6 is 0 Å². The Kier molecular flexibility index (Phi) is 5.49. The molecule has 2 aliphatic carbocycles. The van der Waals surface area contributed by atoms with E-state index in [0.29, 0.717) is 17.5 Å². The average Bonchev–Trinajstić information content (AvgIpc) is 2.41. The van der Waals surface area contributed by atoms with Crippen LogP contribution in [0.15, 0.2) is 0 Å². The van der Waals surface area contributed by atoms with E-state index in [4.69, 9.17) is 5.73 Å². The lowest BCUT2D eigenvalue weighted by atomic mass is 9.73. The van der Waals surface area contributed by atoms with Crippen molar-refractivity contribution in [3.63, 3.8) is 0 Å². The lowest BCUT2D eigenvalue weighted by Crippen LogP contribution is -2.59. The van der Waals surface area contributed by atoms with Crippen LogP contribution in [0.5, 0.6) is 0 Å². The highest BCUT2D eigenvalue weighted by Crippen LogP contribution is 2.39. The number of hydrogen-bond donors (Lipinski definition) is 1. The number of nitrogens with zero attached hydrogens (tertiary/aromatic N) is 2. The molecule has 3 atom stereocenters. The second kappa shape index (κ2) is 6.76. The molecule has 0 radical (unpaired) electrons. The molecular weight excluding hydrogens is 246 g/mol. The van der Waals surface area contributed by atoms with Crippen LogP contribution in [0.3, 0.4) is 0 Å². The first-order valence-electron chi connectivity index (χ1n) is 8.60. The maximum Gasteiger partial charge on any atom is 0.0330 e. The Morgan fingerprint density at radius 2 is 1.85 bits per heavy atom. The molecule has 0 amide bonds. The van der Waals surface area contributed by atoms with E-state index in [9.17, 15) is 0 Å². The predicted molar refractivity (Wildman–Crippen MR) is 86.9 cm³/mol. The first-order chi connectivity index (χ1) is 9.52. The van der Waals surface area contributed by atoms with Gasteiger partial charge in [0.25, 0.3) is 0 Å². The van der Waals surface area contributed by atoms with Crippen molar-refractivity contribution in [2.45, 2.75) is 63.5 Å². The van der Waals surface area contributed by atoms with Crippen molar-refractivity contribution in [1.29, 1.82) is 0 Å². The van der Waals surface area contributed by atoms with Gasteiger partial charge in [-0.1, -0.05) is 19.8 Å². The first kappa shape index (κ1) is 16.3. The predicted octanol–water partition coefficient (Wildman–Crippen LogP) is 2.56. The van der Waals surface area contributed by atoms with E-state index in [-0.39, 0.29) is 0 Å². The van der Waals surface area contributed by atoms with Gasteiger partial charge in [0.05, 0.1) is 0 Å². The van der Waals surface area contributed by atoms with Crippen LogP contribution in [0.2, 0.25) is 0 Å². The van der Waals surface area contributed by atoms with Gasteiger partial charge in [-0.2, -0.15) is 0 Å². The summed E-state index contributed by atoms with van der Waals surface area (Å²) in [5.41, 5.74) is 6.49. The molecule has 0 heterocycles. The third-order valence-electron chi connectivity index (χ3n) is 6.29. The molecule has 3 nitrogen and oxygen atoms in total. The van der Waals surface area contributed by atoms with E-state index in [1.807, 2.05) is 0 Å². The molecule has 20 heavy (non-hydrogen) atoms. The van der Waals surface area contributed by atoms with Crippen LogP contribution in [-0.2, 0) is 0 Å². The van der Waals surface area contributed by atoms with Gasteiger partial charge in [0.2, 0.25) is 0 Å². The molecule has 2 aliphatic rings. The SMILES string of the molecule is CCC1CCC(CN)C(N(C)CC2(N(C)C)CCC2)C1. The highest BCUT2D eigenvalue weighted by Gasteiger charge is 2.42. The fourth-order valence-electron chi connectivity index (χ4n) is 4.39. The van der Waals surface area contributed by atoms with Crippen molar-refractivity contribution in [3.05, 3.63) is 0 Å². The van der Waals surface area contributed by atoms with Gasteiger partial charge >= 0.3 is 0 Å². The summed E-state index contributed by atoms with van der Waals surface area (Å²) < 4.78 is 0. The molecule has 2 rings (SSSR count). The minimum absolute atomic E-state index is 0.438. The molecule has 2 fully saturated rings. The van der Waals surface area contributed by atoms with Crippen molar-refractivity contribution in [2.24, 2.45) is 17.6 Å². The second-order valence-electron chi connectivity index (χ2n) is 7.54. The van der Waals surface area contributed by atoms with Crippen LogP contribution in [0.1, 0.15) is 51.9 Å². The van der Waals surface area contributed by atoms with Crippen LogP contribution in [-0.4, -0.2) is 55.6 Å². The quantitative estimate of drug-likeness (QED) is 0.812. The maximum absolute atomic E-state index is 6.05. The summed E-state index contributed by atoms with van der Waals surface area (Å²) in [5.74, 6) is 1.63. The summed E-state index contributed by atoms with van der Waals surface area (Å²) in [5, 5.41) is 0. The van der Waals surface area contributed by atoms with E-state index >= 15 is 0 Å². The Morgan fingerprint density at radius 3 is 2.30 bits per heavy atom. The van der Waals surface area contributed by atoms with E-state index in [1.54, 1.807) is 0 Å². The van der Waals surface area contributed by atoms with Crippen molar-refractivity contribution >= 4 is 0 Å². The maximum atomic E-state index is 6.05. The summed E-state index contributed by atoms with van der Waals surface area (Å²) in [6.07, 6.45) is 9.54. The zero-order valence-corrected chi connectivity index (χ0v) is 14.1. The van der Waals surface area contributed by atoms with Crippen molar-refractivity contribution in [2.75, 3.05) is 34.2 Å². The molecule has 0 aliphatic heterocycles. The molecule has 0 bridgehead atoms. The zero-order valence-electron chi connectivity index (χ0n) is 14.1. The van der Waals surface area contributed by atoms with E-state index in [0.717, 1.165) is 12.5 Å². The molecule has 118 valence electrons. The van der Waals surface area contributed by atoms with Gasteiger partial charge in [-0.05, 0) is 71.6 Å². The second-order valence-corrected chi connectivity index (χ2v) is 7.54. The Bertz CT molecular complexity index is 299. The number of rotatable bonds is 6. The molecule has 0 aromatic heterocycles. The fourth-order valence-corrected chi connectivity index (χ4v) is 4.39. The first-order valence-corrected chi connectivity index (χ1v) is 8.60. The Labute approximate surface area is 125 Å². The van der Waals surface area contributed by atoms with Crippen molar-refractivity contribution < 1.29 is 0 Å². The van der Waals surface area contributed by atoms with Crippen LogP contribution in [0.25, 0.3) is 0 Å². The molecule has 3 unspecified atom stereocenters. The molecule has 2 N–H and O–H groups in total. The monoisotopic (exact) mass is 281 g/mol. The summed E-state index contributed by atoms with van der Waals surface area (Å²) in [7, 11) is 6.85. The molecule has 0 aromatic carbocycles. The van der Waals surface area contributed by atoms with Gasteiger partial charge in [-0.3, -0.25) is 0 Å². The standard InChI is InChI=1S/C17H35N3/c1-5-14-7-8-15(12-18)16(11-14)20(4)13-17(19(2)3)9-6-10-17/h14-16H,5-13,18H2,1-4H3. The van der Waals surface area contributed by atoms with Gasteiger partial charge in [0.1, 0.15) is 0 Å². The third-order valence-corrected chi connectivity index (χ3v) is 6.29.